The third kappa shape index (κ3) is 8.88. The maximum absolute atomic E-state index is 10.7. The molecule has 0 saturated carbocycles. The normalized spacial score (nSPS) is 11.5. The van der Waals surface area contributed by atoms with E-state index in [1.807, 2.05) is 76.6 Å². The molecule has 0 spiro atoms. The van der Waals surface area contributed by atoms with E-state index in [-0.39, 0.29) is 28.9 Å². The molecule has 0 fully saturated rings. The van der Waals surface area contributed by atoms with E-state index in [2.05, 4.69) is 70.5 Å². The zero-order valence-corrected chi connectivity index (χ0v) is 39.1. The van der Waals surface area contributed by atoms with Gasteiger partial charge < -0.3 is 39.6 Å². The molecule has 62 heavy (non-hydrogen) atoms. The first-order valence-electron chi connectivity index (χ1n) is 20.8. The number of phenols is 4. The van der Waals surface area contributed by atoms with Gasteiger partial charge in [-0.05, 0) is 122 Å². The summed E-state index contributed by atoms with van der Waals surface area (Å²) in [7, 11) is 5.44. The summed E-state index contributed by atoms with van der Waals surface area (Å²) in [5, 5.41) is 54.2. The molecule has 0 radical (unpaired) electrons. The molecular formula is C48H59N7O5S2. The van der Waals surface area contributed by atoms with E-state index < -0.39 is 0 Å². The van der Waals surface area contributed by atoms with Crippen molar-refractivity contribution in [2.45, 2.75) is 80.2 Å². The summed E-state index contributed by atoms with van der Waals surface area (Å²) >= 11 is 11.1. The van der Waals surface area contributed by atoms with Crippen LogP contribution < -0.4 is 15.0 Å². The summed E-state index contributed by atoms with van der Waals surface area (Å²) in [6.45, 7) is 20.5. The Morgan fingerprint density at radius 1 is 0.935 bits per heavy atom. The van der Waals surface area contributed by atoms with Gasteiger partial charge in [-0.1, -0.05) is 48.1 Å². The molecule has 12 nitrogen and oxygen atoms in total. The van der Waals surface area contributed by atoms with Crippen LogP contribution in [0, 0.1) is 11.7 Å². The summed E-state index contributed by atoms with van der Waals surface area (Å²) in [5.41, 5.74) is 7.95. The monoisotopic (exact) mass is 877 g/mol. The second-order valence-corrected chi connectivity index (χ2v) is 15.9. The zero-order chi connectivity index (χ0) is 45.7. The van der Waals surface area contributed by atoms with Gasteiger partial charge in [0.2, 0.25) is 0 Å². The number of hydrogen-bond donors (Lipinski definition) is 6. The van der Waals surface area contributed by atoms with E-state index in [9.17, 15) is 20.4 Å². The number of hydrogen-bond acceptors (Lipinski definition) is 8. The summed E-state index contributed by atoms with van der Waals surface area (Å²) in [5.74, 6) is 1.34. The third-order valence-corrected chi connectivity index (χ3v) is 11.7. The van der Waals surface area contributed by atoms with Gasteiger partial charge in [0.25, 0.3) is 0 Å². The number of aromatic hydroxyl groups is 4. The zero-order valence-electron chi connectivity index (χ0n) is 37.5. The lowest BCUT2D eigenvalue weighted by Gasteiger charge is -2.28. The van der Waals surface area contributed by atoms with Crippen LogP contribution in [0.1, 0.15) is 89.1 Å². The number of nitrogens with zero attached hydrogens (tertiary/aromatic N) is 5. The van der Waals surface area contributed by atoms with E-state index in [4.69, 9.17) is 29.2 Å². The fourth-order valence-corrected chi connectivity index (χ4v) is 8.02. The van der Waals surface area contributed by atoms with Crippen LogP contribution in [-0.4, -0.2) is 63.6 Å². The molecule has 0 bridgehead atoms. The molecule has 4 aromatic carbocycles. The number of benzene rings is 4. The fourth-order valence-electron chi connectivity index (χ4n) is 7.58. The van der Waals surface area contributed by atoms with E-state index in [0.717, 1.165) is 56.5 Å². The quantitative estimate of drug-likeness (QED) is 0.0733. The lowest BCUT2D eigenvalue weighted by molar-refractivity contribution is 0.415. The molecule has 0 amide bonds. The number of thiocarbonyl (C=S) groups is 1. The lowest BCUT2D eigenvalue weighted by atomic mass is 9.98. The van der Waals surface area contributed by atoms with Crippen molar-refractivity contribution >= 4 is 62.7 Å². The van der Waals surface area contributed by atoms with Crippen molar-refractivity contribution in [3.63, 3.8) is 0 Å². The highest BCUT2D eigenvalue weighted by Gasteiger charge is 2.23. The number of aromatic nitrogens is 5. The molecule has 0 aliphatic carbocycles. The highest BCUT2D eigenvalue weighted by atomic mass is 32.1. The van der Waals surface area contributed by atoms with Gasteiger partial charge >= 0.3 is 0 Å². The van der Waals surface area contributed by atoms with Gasteiger partial charge in [-0.15, -0.1) is 0 Å². The van der Waals surface area contributed by atoms with Gasteiger partial charge in [-0.2, -0.15) is 5.10 Å². The van der Waals surface area contributed by atoms with E-state index in [0.29, 0.717) is 45.0 Å². The van der Waals surface area contributed by atoms with Crippen LogP contribution in [0.25, 0.3) is 44.6 Å². The number of aryl methyl sites for hydroxylation is 3. The van der Waals surface area contributed by atoms with Crippen molar-refractivity contribution < 1.29 is 25.2 Å². The second kappa shape index (κ2) is 19.6. The first-order chi connectivity index (χ1) is 29.6. The smallest absolute Gasteiger partial charge is 0.200 e. The van der Waals surface area contributed by atoms with Crippen molar-refractivity contribution in [2.24, 2.45) is 7.05 Å². The van der Waals surface area contributed by atoms with Crippen molar-refractivity contribution in [2.75, 3.05) is 19.1 Å². The Hall–Kier alpha value is -6.25. The highest BCUT2D eigenvalue weighted by molar-refractivity contribution is 7.80. The molecule has 3 aromatic heterocycles. The van der Waals surface area contributed by atoms with Crippen LogP contribution >= 0.6 is 24.4 Å². The molecule has 14 heteroatoms. The number of rotatable bonds is 10. The van der Waals surface area contributed by atoms with Crippen molar-refractivity contribution in [3.05, 3.63) is 107 Å². The van der Waals surface area contributed by atoms with Crippen LogP contribution in [0.15, 0.2) is 79.6 Å². The maximum Gasteiger partial charge on any atom is 0.200 e. The molecule has 0 saturated heterocycles. The van der Waals surface area contributed by atoms with E-state index in [1.165, 1.54) is 17.7 Å². The Balaban J connectivity index is 0.000000227. The first-order valence-corrected chi connectivity index (χ1v) is 21.6. The van der Waals surface area contributed by atoms with E-state index >= 15 is 0 Å². The van der Waals surface area contributed by atoms with Crippen molar-refractivity contribution in [1.82, 2.24) is 29.2 Å². The van der Waals surface area contributed by atoms with Gasteiger partial charge in [0.15, 0.2) is 15.7 Å². The minimum atomic E-state index is -0.0657. The number of anilines is 1. The Morgan fingerprint density at radius 2 is 1.63 bits per heavy atom. The third-order valence-electron chi connectivity index (χ3n) is 11.0. The Morgan fingerprint density at radius 3 is 2.26 bits per heavy atom. The summed E-state index contributed by atoms with van der Waals surface area (Å²) in [4.78, 5) is 1.80. The van der Waals surface area contributed by atoms with Crippen LogP contribution in [0.3, 0.4) is 0 Å². The number of nitrogens with one attached hydrogen (secondary N) is 2. The standard InChI is InChI=1S/C24H28N4O3S.C22H25N3O2S.C2H6/c1-6-14(4)27-10-9-15-18(7-8-21(31-5)22(15)27)28-23(25-26-24(28)32)17-11-16(13(2)3)19(29)12-20(17)30;1-6-15-9-18(21(27)11-20(15)26)14(3)25(22(28)23-4)16-7-8-19-17(10-16)13(2)12-24(19)5;1-2/h7-14,29-30H,6H2,1-5H3,(H,26,32);7-12,26-27H,3,6H2,1-2,4-5H3,(H,23,28);1-2H3. The predicted octanol–water partition coefficient (Wildman–Crippen LogP) is 11.5. The molecular weight excluding hydrogens is 819 g/mol. The van der Waals surface area contributed by atoms with Crippen molar-refractivity contribution in [1.29, 1.82) is 0 Å². The first kappa shape index (κ1) is 46.8. The number of aromatic amines is 1. The van der Waals surface area contributed by atoms with Gasteiger partial charge in [0, 0.05) is 72.2 Å². The van der Waals surface area contributed by atoms with Gasteiger partial charge in [-0.25, -0.2) is 0 Å². The largest absolute Gasteiger partial charge is 0.508 e. The molecule has 6 N–H and O–H groups in total. The highest BCUT2D eigenvalue weighted by Crippen LogP contribution is 2.41. The number of fused-ring (bicyclic) bond motifs is 2. The fraction of sp³-hybridized carbons (Fsp3) is 0.312. The SMILES string of the molecule is C=C(c1cc(CC)c(O)cc1O)N(C(=S)NC)c1ccc2c(c1)c(C)cn2C.CC.CCC(C)n1ccc2c(-n3c(-c4cc(C(C)C)c(O)cc4O)n[nH]c3=S)ccc(OC)c21. The molecule has 7 aromatic rings. The van der Waals surface area contributed by atoms with Gasteiger partial charge in [-0.3, -0.25) is 14.6 Å². The van der Waals surface area contributed by atoms with Gasteiger partial charge in [0.1, 0.15) is 28.7 Å². The molecule has 0 aliphatic heterocycles. The maximum atomic E-state index is 10.7. The van der Waals surface area contributed by atoms with Gasteiger partial charge in [0.05, 0.1) is 29.6 Å². The Kier molecular flexibility index (Phi) is 14.8. The van der Waals surface area contributed by atoms with Crippen LogP contribution in [0.2, 0.25) is 0 Å². The number of methoxy groups -OCH3 is 1. The van der Waals surface area contributed by atoms with Crippen LogP contribution in [-0.2, 0) is 13.5 Å². The van der Waals surface area contributed by atoms with Crippen LogP contribution in [0.5, 0.6) is 28.7 Å². The average molecular weight is 878 g/mol. The molecule has 7 rings (SSSR count). The molecule has 3 heterocycles. The van der Waals surface area contributed by atoms with Crippen LogP contribution in [0.4, 0.5) is 5.69 Å². The topological polar surface area (TPSA) is 149 Å². The molecule has 1 unspecified atom stereocenters. The molecule has 1 atom stereocenters. The minimum absolute atomic E-state index is 0.0411. The number of ether oxygens (including phenoxy) is 1. The predicted molar refractivity (Wildman–Crippen MR) is 260 cm³/mol. The second-order valence-electron chi connectivity index (χ2n) is 15.1. The summed E-state index contributed by atoms with van der Waals surface area (Å²) in [6.07, 6.45) is 5.76. The summed E-state index contributed by atoms with van der Waals surface area (Å²) < 4.78 is 12.2. The lowest BCUT2D eigenvalue weighted by Crippen LogP contribution is -2.36. The summed E-state index contributed by atoms with van der Waals surface area (Å²) in [6, 6.07) is 18.5. The average Bonchev–Trinajstić information content (AvgIpc) is 3.95. The number of H-pyrrole nitrogens is 1. The molecule has 0 aliphatic rings. The molecule has 328 valence electrons. The number of phenolic OH excluding ortho intramolecular Hbond substituents is 4. The Bertz CT molecular complexity index is 2810. The minimum Gasteiger partial charge on any atom is -0.508 e. The van der Waals surface area contributed by atoms with Crippen molar-refractivity contribution in [3.8, 4) is 45.8 Å². The van der Waals surface area contributed by atoms with E-state index in [1.54, 1.807) is 31.2 Å². The Labute approximate surface area is 374 Å².